The molecule has 3 nitrogen and oxygen atoms in total. The van der Waals surface area contributed by atoms with Crippen LogP contribution in [0, 0.1) is 23.0 Å². The number of rotatable bonds is 3. The van der Waals surface area contributed by atoms with Crippen LogP contribution in [0.15, 0.2) is 36.5 Å². The van der Waals surface area contributed by atoms with Crippen molar-refractivity contribution in [2.45, 2.75) is 6.43 Å². The quantitative estimate of drug-likeness (QED) is 0.687. The molecule has 1 heterocycles. The maximum atomic E-state index is 14.1. The SMILES string of the molecule is N#Cc1cc(Oc2c(F)cc3[nH]ccc3c2C(F)F)ccc1F. The fraction of sp³-hybridized carbons (Fsp3) is 0.0625. The molecule has 116 valence electrons. The summed E-state index contributed by atoms with van der Waals surface area (Å²) in [5, 5.41) is 8.90. The van der Waals surface area contributed by atoms with Crippen LogP contribution >= 0.6 is 0 Å². The topological polar surface area (TPSA) is 48.8 Å². The number of fused-ring (bicyclic) bond motifs is 1. The van der Waals surface area contributed by atoms with E-state index in [0.29, 0.717) is 0 Å². The van der Waals surface area contributed by atoms with Crippen LogP contribution in [0.3, 0.4) is 0 Å². The van der Waals surface area contributed by atoms with Crippen molar-refractivity contribution >= 4 is 10.9 Å². The lowest BCUT2D eigenvalue weighted by Crippen LogP contribution is -1.98. The fourth-order valence-electron chi connectivity index (χ4n) is 2.27. The van der Waals surface area contributed by atoms with E-state index >= 15 is 0 Å². The summed E-state index contributed by atoms with van der Waals surface area (Å²) in [5.74, 6) is -2.53. The third kappa shape index (κ3) is 2.59. The lowest BCUT2D eigenvalue weighted by molar-refractivity contribution is 0.149. The van der Waals surface area contributed by atoms with E-state index in [1.165, 1.54) is 12.3 Å². The zero-order valence-corrected chi connectivity index (χ0v) is 11.4. The zero-order valence-electron chi connectivity index (χ0n) is 11.4. The molecule has 0 atom stereocenters. The number of hydrogen-bond acceptors (Lipinski definition) is 2. The second-order valence-corrected chi connectivity index (χ2v) is 4.70. The van der Waals surface area contributed by atoms with Crippen LogP contribution in [0.2, 0.25) is 0 Å². The van der Waals surface area contributed by atoms with Crippen molar-refractivity contribution in [1.29, 1.82) is 5.26 Å². The first-order valence-electron chi connectivity index (χ1n) is 6.46. The summed E-state index contributed by atoms with van der Waals surface area (Å²) in [6.07, 6.45) is -1.57. The maximum absolute atomic E-state index is 14.1. The Kier molecular flexibility index (Phi) is 3.66. The van der Waals surface area contributed by atoms with Gasteiger partial charge in [0.15, 0.2) is 11.6 Å². The third-order valence-electron chi connectivity index (χ3n) is 3.30. The maximum Gasteiger partial charge on any atom is 0.268 e. The average molecular weight is 320 g/mol. The molecule has 0 spiro atoms. The van der Waals surface area contributed by atoms with Gasteiger partial charge < -0.3 is 9.72 Å². The number of ether oxygens (including phenoxy) is 1. The Hall–Kier alpha value is -3.01. The molecule has 0 fully saturated rings. The van der Waals surface area contributed by atoms with E-state index in [1.807, 2.05) is 0 Å². The van der Waals surface area contributed by atoms with E-state index in [0.717, 1.165) is 24.3 Å². The highest BCUT2D eigenvalue weighted by Gasteiger charge is 2.23. The number of nitrogens with one attached hydrogen (secondary N) is 1. The summed E-state index contributed by atoms with van der Waals surface area (Å²) in [6.45, 7) is 0. The summed E-state index contributed by atoms with van der Waals surface area (Å²) < 4.78 is 59.3. The minimum atomic E-state index is -2.98. The Balaban J connectivity index is 2.14. The van der Waals surface area contributed by atoms with Crippen molar-refractivity contribution in [2.24, 2.45) is 0 Å². The van der Waals surface area contributed by atoms with Crippen LogP contribution in [-0.2, 0) is 0 Å². The standard InChI is InChI=1S/C16H8F4N2O/c17-11-2-1-9(5-8(11)7-21)23-15-12(18)6-13-10(3-4-22-13)14(15)16(19)20/h1-6,16,22H. The Morgan fingerprint density at radius 2 is 1.87 bits per heavy atom. The number of aromatic nitrogens is 1. The molecule has 0 radical (unpaired) electrons. The molecule has 0 unspecified atom stereocenters. The largest absolute Gasteiger partial charge is 0.454 e. The van der Waals surface area contributed by atoms with Gasteiger partial charge in [-0.15, -0.1) is 0 Å². The van der Waals surface area contributed by atoms with E-state index in [9.17, 15) is 17.6 Å². The van der Waals surface area contributed by atoms with Crippen molar-refractivity contribution in [3.05, 3.63) is 59.3 Å². The first kappa shape index (κ1) is 14.9. The number of nitrogens with zero attached hydrogens (tertiary/aromatic N) is 1. The molecule has 0 saturated carbocycles. The summed E-state index contributed by atoms with van der Waals surface area (Å²) >= 11 is 0. The Morgan fingerprint density at radius 3 is 2.57 bits per heavy atom. The van der Waals surface area contributed by atoms with E-state index in [4.69, 9.17) is 10.00 Å². The zero-order chi connectivity index (χ0) is 16.6. The van der Waals surface area contributed by atoms with E-state index in [-0.39, 0.29) is 22.2 Å². The molecule has 2 aromatic carbocycles. The molecule has 3 aromatic rings. The number of hydrogen-bond donors (Lipinski definition) is 1. The van der Waals surface area contributed by atoms with Crippen LogP contribution in [-0.4, -0.2) is 4.98 Å². The summed E-state index contributed by atoms with van der Waals surface area (Å²) in [4.78, 5) is 2.65. The second kappa shape index (κ2) is 5.65. The van der Waals surface area contributed by atoms with E-state index in [1.54, 1.807) is 6.07 Å². The lowest BCUT2D eigenvalue weighted by Gasteiger charge is -2.13. The van der Waals surface area contributed by atoms with Gasteiger partial charge >= 0.3 is 0 Å². The highest BCUT2D eigenvalue weighted by molar-refractivity contribution is 5.86. The van der Waals surface area contributed by atoms with Gasteiger partial charge in [-0.3, -0.25) is 0 Å². The second-order valence-electron chi connectivity index (χ2n) is 4.70. The Labute approximate surface area is 127 Å². The fourth-order valence-corrected chi connectivity index (χ4v) is 2.27. The highest BCUT2D eigenvalue weighted by atomic mass is 19.3. The summed E-state index contributed by atoms with van der Waals surface area (Å²) in [7, 11) is 0. The van der Waals surface area contributed by atoms with Gasteiger partial charge in [0.05, 0.1) is 11.1 Å². The molecule has 0 amide bonds. The predicted octanol–water partition coefficient (Wildman–Crippen LogP) is 5.05. The Morgan fingerprint density at radius 1 is 1.09 bits per heavy atom. The predicted molar refractivity (Wildman–Crippen MR) is 74.4 cm³/mol. The first-order valence-corrected chi connectivity index (χ1v) is 6.46. The average Bonchev–Trinajstić information content (AvgIpc) is 2.96. The molecule has 1 aromatic heterocycles. The number of H-pyrrole nitrogens is 1. The molecular formula is C16H8F4N2O. The molecule has 3 rings (SSSR count). The van der Waals surface area contributed by atoms with Gasteiger partial charge in [0.2, 0.25) is 0 Å². The molecule has 7 heteroatoms. The Bertz CT molecular complexity index is 928. The monoisotopic (exact) mass is 320 g/mol. The molecule has 0 saturated heterocycles. The number of aromatic amines is 1. The number of halogens is 4. The summed E-state index contributed by atoms with van der Waals surface area (Å²) in [6, 6.07) is 7.11. The van der Waals surface area contributed by atoms with Gasteiger partial charge in [0.1, 0.15) is 17.6 Å². The highest BCUT2D eigenvalue weighted by Crippen LogP contribution is 2.40. The molecule has 1 N–H and O–H groups in total. The van der Waals surface area contributed by atoms with Crippen LogP contribution in [0.4, 0.5) is 17.6 Å². The van der Waals surface area contributed by atoms with Gasteiger partial charge in [0.25, 0.3) is 6.43 Å². The number of nitriles is 1. The van der Waals surface area contributed by atoms with Crippen molar-refractivity contribution in [1.82, 2.24) is 4.98 Å². The van der Waals surface area contributed by atoms with Crippen molar-refractivity contribution in [3.8, 4) is 17.6 Å². The van der Waals surface area contributed by atoms with Crippen molar-refractivity contribution < 1.29 is 22.3 Å². The van der Waals surface area contributed by atoms with Gasteiger partial charge in [0, 0.05) is 29.2 Å². The van der Waals surface area contributed by atoms with Gasteiger partial charge in [-0.1, -0.05) is 0 Å². The third-order valence-corrected chi connectivity index (χ3v) is 3.30. The van der Waals surface area contributed by atoms with E-state index in [2.05, 4.69) is 4.98 Å². The number of alkyl halides is 2. The smallest absolute Gasteiger partial charge is 0.268 e. The minimum absolute atomic E-state index is 0.112. The van der Waals surface area contributed by atoms with Crippen LogP contribution in [0.5, 0.6) is 11.5 Å². The normalized spacial score (nSPS) is 11.0. The van der Waals surface area contributed by atoms with Gasteiger partial charge in [-0.2, -0.15) is 5.26 Å². The first-order chi connectivity index (χ1) is 11.0. The minimum Gasteiger partial charge on any atom is -0.454 e. The molecule has 0 aliphatic rings. The molecule has 0 aliphatic carbocycles. The number of benzene rings is 2. The molecular weight excluding hydrogens is 312 g/mol. The van der Waals surface area contributed by atoms with Crippen molar-refractivity contribution in [2.75, 3.05) is 0 Å². The van der Waals surface area contributed by atoms with E-state index < -0.39 is 29.4 Å². The van der Waals surface area contributed by atoms with Crippen molar-refractivity contribution in [3.63, 3.8) is 0 Å². The van der Waals surface area contributed by atoms with Gasteiger partial charge in [-0.05, 0) is 18.2 Å². The molecule has 23 heavy (non-hydrogen) atoms. The summed E-state index contributed by atoms with van der Waals surface area (Å²) in [5.41, 5.74) is -0.727. The van der Waals surface area contributed by atoms with Crippen LogP contribution in [0.25, 0.3) is 10.9 Å². The van der Waals surface area contributed by atoms with Crippen LogP contribution < -0.4 is 4.74 Å². The molecule has 0 aliphatic heterocycles. The molecule has 0 bridgehead atoms. The lowest BCUT2D eigenvalue weighted by atomic mass is 10.1. The van der Waals surface area contributed by atoms with Gasteiger partial charge in [-0.25, -0.2) is 17.6 Å². The van der Waals surface area contributed by atoms with Crippen LogP contribution in [0.1, 0.15) is 17.6 Å².